The van der Waals surface area contributed by atoms with Gasteiger partial charge in [0.25, 0.3) is 5.91 Å². The average molecular weight is 127 g/mol. The summed E-state index contributed by atoms with van der Waals surface area (Å²) in [5.74, 6) is -0.449. The Labute approximate surface area is 51.5 Å². The maximum absolute atomic E-state index is 10.5. The molecule has 0 bridgehead atoms. The van der Waals surface area contributed by atoms with E-state index < -0.39 is 18.1 Å². The van der Waals surface area contributed by atoms with E-state index in [1.54, 1.807) is 0 Å². The Hall–Kier alpha value is -1.32. The van der Waals surface area contributed by atoms with Gasteiger partial charge in [-0.2, -0.15) is 0 Å². The van der Waals surface area contributed by atoms with Crippen LogP contribution in [0, 0.1) is 0 Å². The van der Waals surface area contributed by atoms with Crippen molar-refractivity contribution in [2.45, 2.75) is 6.10 Å². The summed E-state index contributed by atoms with van der Waals surface area (Å²) in [7, 11) is 0. The van der Waals surface area contributed by atoms with Gasteiger partial charge in [-0.15, -0.1) is 0 Å². The predicted molar refractivity (Wildman–Crippen MR) is 28.6 cm³/mol. The molecule has 1 saturated heterocycles. The van der Waals surface area contributed by atoms with E-state index in [0.29, 0.717) is 0 Å². The monoisotopic (exact) mass is 127 g/mol. The molecule has 0 aromatic carbocycles. The van der Waals surface area contributed by atoms with E-state index >= 15 is 0 Å². The third kappa shape index (κ3) is 0.910. The highest BCUT2D eigenvalue weighted by Crippen LogP contribution is 2.00. The van der Waals surface area contributed by atoms with Crippen LogP contribution in [0.4, 0.5) is 4.79 Å². The number of hydrogen-bond donors (Lipinski definition) is 1. The van der Waals surface area contributed by atoms with Gasteiger partial charge in [-0.25, -0.2) is 4.79 Å². The molecule has 2 amide bonds. The molecule has 1 unspecified atom stereocenters. The van der Waals surface area contributed by atoms with Gasteiger partial charge in [-0.3, -0.25) is 10.1 Å². The fraction of sp³-hybridized carbons (Fsp3) is 0.200. The Morgan fingerprint density at radius 1 is 1.67 bits per heavy atom. The number of ether oxygens (including phenoxy) is 1. The van der Waals surface area contributed by atoms with Crippen molar-refractivity contribution in [3.8, 4) is 0 Å². The molecule has 1 heterocycles. The highest BCUT2D eigenvalue weighted by atomic mass is 16.6. The van der Waals surface area contributed by atoms with Crippen LogP contribution < -0.4 is 5.32 Å². The van der Waals surface area contributed by atoms with Crippen LogP contribution in [-0.4, -0.2) is 18.1 Å². The third-order valence-electron chi connectivity index (χ3n) is 0.932. The summed E-state index contributed by atoms with van der Waals surface area (Å²) in [4.78, 5) is 20.7. The number of imide groups is 1. The molecule has 0 aromatic rings. The van der Waals surface area contributed by atoms with Crippen molar-refractivity contribution in [2.24, 2.45) is 0 Å². The standard InChI is InChI=1S/C5H5NO3/c1-2-3-4(7)6-5(8)9-3/h2-3H,1H2,(H,6,7,8). The van der Waals surface area contributed by atoms with E-state index in [1.807, 2.05) is 5.32 Å². The molecular formula is C5H5NO3. The fourth-order valence-electron chi connectivity index (χ4n) is 0.525. The molecule has 0 spiro atoms. The second-order valence-corrected chi connectivity index (χ2v) is 1.55. The molecule has 1 rings (SSSR count). The number of carbonyl (C=O) groups excluding carboxylic acids is 2. The molecular weight excluding hydrogens is 122 g/mol. The smallest absolute Gasteiger partial charge is 0.415 e. The highest BCUT2D eigenvalue weighted by Gasteiger charge is 2.28. The van der Waals surface area contributed by atoms with Crippen molar-refractivity contribution in [3.05, 3.63) is 12.7 Å². The van der Waals surface area contributed by atoms with Crippen LogP contribution in [0.25, 0.3) is 0 Å². The van der Waals surface area contributed by atoms with Gasteiger partial charge in [-0.05, 0) is 6.08 Å². The van der Waals surface area contributed by atoms with Crippen LogP contribution in [0.2, 0.25) is 0 Å². The molecule has 1 N–H and O–H groups in total. The first-order valence-electron chi connectivity index (χ1n) is 2.38. The Morgan fingerprint density at radius 3 is 2.56 bits per heavy atom. The third-order valence-corrected chi connectivity index (χ3v) is 0.932. The lowest BCUT2D eigenvalue weighted by Crippen LogP contribution is -2.22. The lowest BCUT2D eigenvalue weighted by molar-refractivity contribution is -0.121. The van der Waals surface area contributed by atoms with Crippen LogP contribution in [0.15, 0.2) is 12.7 Å². The summed E-state index contributed by atoms with van der Waals surface area (Å²) in [5.41, 5.74) is 0. The van der Waals surface area contributed by atoms with E-state index in [0.717, 1.165) is 0 Å². The molecule has 1 aliphatic rings. The van der Waals surface area contributed by atoms with Crippen LogP contribution >= 0.6 is 0 Å². The Kier molecular flexibility index (Phi) is 1.22. The normalized spacial score (nSPS) is 25.1. The van der Waals surface area contributed by atoms with Crippen molar-refractivity contribution in [2.75, 3.05) is 0 Å². The number of cyclic esters (lactones) is 1. The van der Waals surface area contributed by atoms with Crippen molar-refractivity contribution < 1.29 is 14.3 Å². The van der Waals surface area contributed by atoms with E-state index in [2.05, 4.69) is 11.3 Å². The summed E-state index contributed by atoms with van der Waals surface area (Å²) < 4.78 is 4.41. The summed E-state index contributed by atoms with van der Waals surface area (Å²) >= 11 is 0. The zero-order valence-electron chi connectivity index (χ0n) is 4.59. The second kappa shape index (κ2) is 1.89. The number of hydrogen-bond acceptors (Lipinski definition) is 3. The van der Waals surface area contributed by atoms with Crippen molar-refractivity contribution in [1.29, 1.82) is 0 Å². The topological polar surface area (TPSA) is 55.4 Å². The Morgan fingerprint density at radius 2 is 2.33 bits per heavy atom. The molecule has 0 saturated carbocycles. The van der Waals surface area contributed by atoms with E-state index in [4.69, 9.17) is 0 Å². The van der Waals surface area contributed by atoms with E-state index in [1.165, 1.54) is 6.08 Å². The molecule has 1 atom stereocenters. The molecule has 48 valence electrons. The van der Waals surface area contributed by atoms with Gasteiger partial charge in [0.2, 0.25) is 6.10 Å². The number of rotatable bonds is 1. The first kappa shape index (κ1) is 5.81. The zero-order valence-corrected chi connectivity index (χ0v) is 4.59. The van der Waals surface area contributed by atoms with Gasteiger partial charge in [0.15, 0.2) is 0 Å². The number of nitrogens with one attached hydrogen (secondary N) is 1. The predicted octanol–water partition coefficient (Wildman–Crippen LogP) is -0.193. The first-order valence-corrected chi connectivity index (χ1v) is 2.38. The molecule has 1 aliphatic heterocycles. The van der Waals surface area contributed by atoms with Gasteiger partial charge in [0.1, 0.15) is 0 Å². The van der Waals surface area contributed by atoms with Crippen LogP contribution in [0.1, 0.15) is 0 Å². The Bertz CT molecular complexity index is 175. The maximum atomic E-state index is 10.5. The molecule has 0 aromatic heterocycles. The SMILES string of the molecule is C=CC1OC(=O)NC1=O. The first-order chi connectivity index (χ1) is 4.24. The second-order valence-electron chi connectivity index (χ2n) is 1.55. The van der Waals surface area contributed by atoms with Crippen LogP contribution in [0.5, 0.6) is 0 Å². The minimum Gasteiger partial charge on any atom is -0.431 e. The molecule has 4 nitrogen and oxygen atoms in total. The summed E-state index contributed by atoms with van der Waals surface area (Å²) in [6.45, 7) is 3.29. The van der Waals surface area contributed by atoms with Gasteiger partial charge in [0.05, 0.1) is 0 Å². The van der Waals surface area contributed by atoms with Gasteiger partial charge >= 0.3 is 6.09 Å². The minimum atomic E-state index is -0.794. The molecule has 0 radical (unpaired) electrons. The van der Waals surface area contributed by atoms with E-state index in [9.17, 15) is 9.59 Å². The number of amides is 2. The lowest BCUT2D eigenvalue weighted by atomic mass is 10.3. The van der Waals surface area contributed by atoms with E-state index in [-0.39, 0.29) is 0 Å². The highest BCUT2D eigenvalue weighted by molar-refractivity contribution is 6.00. The average Bonchev–Trinajstić information content (AvgIpc) is 2.10. The molecule has 4 heteroatoms. The van der Waals surface area contributed by atoms with Crippen molar-refractivity contribution >= 4 is 12.0 Å². The fourth-order valence-corrected chi connectivity index (χ4v) is 0.525. The van der Waals surface area contributed by atoms with Gasteiger partial charge in [-0.1, -0.05) is 6.58 Å². The minimum absolute atomic E-state index is 0.449. The van der Waals surface area contributed by atoms with Crippen LogP contribution in [-0.2, 0) is 9.53 Å². The summed E-state index contributed by atoms with van der Waals surface area (Å²) in [5, 5.41) is 1.95. The summed E-state index contributed by atoms with van der Waals surface area (Å²) in [6.07, 6.45) is -0.234. The lowest BCUT2D eigenvalue weighted by Gasteiger charge is -1.93. The zero-order chi connectivity index (χ0) is 6.85. The maximum Gasteiger partial charge on any atom is 0.415 e. The number of carbonyl (C=O) groups is 2. The summed E-state index contributed by atoms with van der Waals surface area (Å²) in [6, 6.07) is 0. The van der Waals surface area contributed by atoms with Gasteiger partial charge in [0, 0.05) is 0 Å². The quantitative estimate of drug-likeness (QED) is 0.496. The van der Waals surface area contributed by atoms with Crippen molar-refractivity contribution in [3.63, 3.8) is 0 Å². The van der Waals surface area contributed by atoms with Crippen LogP contribution in [0.3, 0.4) is 0 Å². The Balaban J connectivity index is 2.68. The molecule has 9 heavy (non-hydrogen) atoms. The van der Waals surface area contributed by atoms with Crippen molar-refractivity contribution in [1.82, 2.24) is 5.32 Å². The largest absolute Gasteiger partial charge is 0.431 e. The molecule has 0 aliphatic carbocycles. The number of alkyl carbamates (subject to hydrolysis) is 1. The van der Waals surface area contributed by atoms with Gasteiger partial charge < -0.3 is 4.74 Å². The molecule has 1 fully saturated rings.